The fraction of sp³-hybridized carbons (Fsp3) is 0.273. The van der Waals surface area contributed by atoms with E-state index in [2.05, 4.69) is 27.1 Å². The molecule has 0 spiro atoms. The molecule has 0 saturated carbocycles. The molecular formula is C11H8BrN3O. The SMILES string of the molecule is N#Cc1nn(C2CCO2)c2cc(Br)ccc12. The van der Waals surface area contributed by atoms with Crippen LogP contribution in [0.5, 0.6) is 0 Å². The second kappa shape index (κ2) is 3.58. The van der Waals surface area contributed by atoms with Gasteiger partial charge in [-0.1, -0.05) is 15.9 Å². The van der Waals surface area contributed by atoms with Gasteiger partial charge in [0.2, 0.25) is 0 Å². The van der Waals surface area contributed by atoms with E-state index >= 15 is 0 Å². The van der Waals surface area contributed by atoms with E-state index in [1.807, 2.05) is 18.2 Å². The summed E-state index contributed by atoms with van der Waals surface area (Å²) < 4.78 is 8.17. The summed E-state index contributed by atoms with van der Waals surface area (Å²) in [6.07, 6.45) is 0.938. The van der Waals surface area contributed by atoms with Crippen molar-refractivity contribution in [3.8, 4) is 6.07 Å². The Bertz CT molecular complexity index is 595. The van der Waals surface area contributed by atoms with Gasteiger partial charge in [0, 0.05) is 16.3 Å². The van der Waals surface area contributed by atoms with Crippen molar-refractivity contribution in [3.63, 3.8) is 0 Å². The molecule has 0 N–H and O–H groups in total. The van der Waals surface area contributed by atoms with Gasteiger partial charge in [-0.25, -0.2) is 4.68 Å². The molecule has 1 saturated heterocycles. The number of hydrogen-bond acceptors (Lipinski definition) is 3. The first-order valence-corrected chi connectivity index (χ1v) is 5.78. The molecule has 16 heavy (non-hydrogen) atoms. The third kappa shape index (κ3) is 1.34. The van der Waals surface area contributed by atoms with Crippen LogP contribution in [0.4, 0.5) is 0 Å². The van der Waals surface area contributed by atoms with E-state index < -0.39 is 0 Å². The maximum absolute atomic E-state index is 9.01. The van der Waals surface area contributed by atoms with E-state index in [-0.39, 0.29) is 6.23 Å². The minimum Gasteiger partial charge on any atom is -0.356 e. The highest BCUT2D eigenvalue weighted by molar-refractivity contribution is 9.10. The van der Waals surface area contributed by atoms with Gasteiger partial charge >= 0.3 is 0 Å². The summed E-state index contributed by atoms with van der Waals surface area (Å²) >= 11 is 3.42. The predicted octanol–water partition coefficient (Wildman–Crippen LogP) is 2.59. The monoisotopic (exact) mass is 277 g/mol. The molecule has 1 aromatic heterocycles. The molecule has 5 heteroatoms. The smallest absolute Gasteiger partial charge is 0.170 e. The zero-order chi connectivity index (χ0) is 11.1. The number of rotatable bonds is 1. The quantitative estimate of drug-likeness (QED) is 0.805. The topological polar surface area (TPSA) is 50.8 Å². The molecule has 0 amide bonds. The Balaban J connectivity index is 2.27. The van der Waals surface area contributed by atoms with Crippen LogP contribution in [-0.4, -0.2) is 16.4 Å². The van der Waals surface area contributed by atoms with Crippen LogP contribution in [0.3, 0.4) is 0 Å². The minimum atomic E-state index is -0.0149. The second-order valence-electron chi connectivity index (χ2n) is 3.68. The molecule has 1 fully saturated rings. The van der Waals surface area contributed by atoms with Crippen molar-refractivity contribution in [2.24, 2.45) is 0 Å². The van der Waals surface area contributed by atoms with Crippen molar-refractivity contribution in [3.05, 3.63) is 28.4 Å². The number of fused-ring (bicyclic) bond motifs is 1. The standard InChI is InChI=1S/C11H8BrN3O/c12-7-1-2-8-9(6-13)14-15(10(8)5-7)11-3-4-16-11/h1-2,5,11H,3-4H2. The van der Waals surface area contributed by atoms with Crippen LogP contribution in [0.15, 0.2) is 22.7 Å². The van der Waals surface area contributed by atoms with E-state index in [0.717, 1.165) is 28.4 Å². The predicted molar refractivity (Wildman–Crippen MR) is 61.8 cm³/mol. The Kier molecular flexibility index (Phi) is 2.20. The summed E-state index contributed by atoms with van der Waals surface area (Å²) in [5.74, 6) is 0. The van der Waals surface area contributed by atoms with Gasteiger partial charge in [-0.05, 0) is 18.2 Å². The lowest BCUT2D eigenvalue weighted by Crippen LogP contribution is -2.25. The molecule has 2 heterocycles. The van der Waals surface area contributed by atoms with Gasteiger partial charge in [-0.15, -0.1) is 0 Å². The van der Waals surface area contributed by atoms with E-state index in [4.69, 9.17) is 10.00 Å². The third-order valence-corrected chi connectivity index (χ3v) is 3.22. The van der Waals surface area contributed by atoms with Crippen LogP contribution in [-0.2, 0) is 4.74 Å². The molecule has 0 radical (unpaired) electrons. The van der Waals surface area contributed by atoms with Gasteiger partial charge in [-0.2, -0.15) is 10.4 Å². The first kappa shape index (κ1) is 9.82. The van der Waals surface area contributed by atoms with Crippen molar-refractivity contribution >= 4 is 26.8 Å². The van der Waals surface area contributed by atoms with Crippen LogP contribution < -0.4 is 0 Å². The molecule has 1 aliphatic heterocycles. The highest BCUT2D eigenvalue weighted by Crippen LogP contribution is 2.30. The number of nitrogens with zero attached hydrogens (tertiary/aromatic N) is 3. The zero-order valence-corrected chi connectivity index (χ0v) is 9.94. The van der Waals surface area contributed by atoms with Crippen molar-refractivity contribution in [1.29, 1.82) is 5.26 Å². The van der Waals surface area contributed by atoms with Gasteiger partial charge in [0.15, 0.2) is 11.9 Å². The summed E-state index contributed by atoms with van der Waals surface area (Å²) in [5.41, 5.74) is 1.40. The minimum absolute atomic E-state index is 0.0149. The number of hydrogen-bond donors (Lipinski definition) is 0. The van der Waals surface area contributed by atoms with Crippen molar-refractivity contribution in [2.45, 2.75) is 12.6 Å². The number of aromatic nitrogens is 2. The normalized spacial score (nSPS) is 19.4. The molecule has 0 aliphatic carbocycles. The highest BCUT2D eigenvalue weighted by Gasteiger charge is 2.24. The first-order valence-electron chi connectivity index (χ1n) is 4.99. The number of nitriles is 1. The third-order valence-electron chi connectivity index (χ3n) is 2.72. The lowest BCUT2D eigenvalue weighted by molar-refractivity contribution is -0.104. The Labute approximate surface area is 101 Å². The van der Waals surface area contributed by atoms with Gasteiger partial charge in [0.1, 0.15) is 6.07 Å². The average Bonchev–Trinajstić information content (AvgIpc) is 2.54. The van der Waals surface area contributed by atoms with Gasteiger partial charge in [0.05, 0.1) is 12.1 Å². The fourth-order valence-corrected chi connectivity index (χ4v) is 2.18. The summed E-state index contributed by atoms with van der Waals surface area (Å²) in [4.78, 5) is 0. The van der Waals surface area contributed by atoms with E-state index in [9.17, 15) is 0 Å². The van der Waals surface area contributed by atoms with Crippen molar-refractivity contribution in [1.82, 2.24) is 9.78 Å². The van der Waals surface area contributed by atoms with Gasteiger partial charge in [-0.3, -0.25) is 0 Å². The number of halogens is 1. The molecule has 1 unspecified atom stereocenters. The Morgan fingerprint density at radius 3 is 3.00 bits per heavy atom. The first-order chi connectivity index (χ1) is 7.79. The van der Waals surface area contributed by atoms with E-state index in [1.54, 1.807) is 4.68 Å². The summed E-state index contributed by atoms with van der Waals surface area (Å²) in [7, 11) is 0. The number of ether oxygens (including phenoxy) is 1. The maximum Gasteiger partial charge on any atom is 0.170 e. The van der Waals surface area contributed by atoms with E-state index in [0.29, 0.717) is 5.69 Å². The van der Waals surface area contributed by atoms with Gasteiger partial charge in [0.25, 0.3) is 0 Å². The Morgan fingerprint density at radius 1 is 1.56 bits per heavy atom. The molecule has 0 bridgehead atoms. The molecule has 3 rings (SSSR count). The Hall–Kier alpha value is -1.38. The highest BCUT2D eigenvalue weighted by atomic mass is 79.9. The number of benzene rings is 1. The average molecular weight is 278 g/mol. The fourth-order valence-electron chi connectivity index (χ4n) is 1.83. The van der Waals surface area contributed by atoms with Crippen molar-refractivity contribution < 1.29 is 4.74 Å². The van der Waals surface area contributed by atoms with E-state index in [1.165, 1.54) is 0 Å². The van der Waals surface area contributed by atoms with Crippen molar-refractivity contribution in [2.75, 3.05) is 6.61 Å². The van der Waals surface area contributed by atoms with Crippen LogP contribution >= 0.6 is 15.9 Å². The maximum atomic E-state index is 9.01. The summed E-state index contributed by atoms with van der Waals surface area (Å²) in [6.45, 7) is 0.766. The largest absolute Gasteiger partial charge is 0.356 e. The zero-order valence-electron chi connectivity index (χ0n) is 8.35. The molecule has 80 valence electrons. The lowest BCUT2D eigenvalue weighted by atomic mass is 10.2. The molecular weight excluding hydrogens is 270 g/mol. The molecule has 1 aromatic carbocycles. The molecule has 1 atom stereocenters. The molecule has 4 nitrogen and oxygen atoms in total. The van der Waals surface area contributed by atoms with Crippen LogP contribution in [0.2, 0.25) is 0 Å². The molecule has 1 aliphatic rings. The summed E-state index contributed by atoms with van der Waals surface area (Å²) in [6, 6.07) is 7.89. The summed E-state index contributed by atoms with van der Waals surface area (Å²) in [5, 5.41) is 14.2. The van der Waals surface area contributed by atoms with Crippen LogP contribution in [0, 0.1) is 11.3 Å². The lowest BCUT2D eigenvalue weighted by Gasteiger charge is -2.27. The van der Waals surface area contributed by atoms with Gasteiger partial charge < -0.3 is 4.74 Å². The molecule has 2 aromatic rings. The second-order valence-corrected chi connectivity index (χ2v) is 4.60. The Morgan fingerprint density at radius 2 is 2.38 bits per heavy atom. The van der Waals surface area contributed by atoms with Crippen LogP contribution in [0.25, 0.3) is 10.9 Å². The van der Waals surface area contributed by atoms with Crippen LogP contribution in [0.1, 0.15) is 18.3 Å².